The van der Waals surface area contributed by atoms with Gasteiger partial charge in [-0.3, -0.25) is 4.72 Å². The molecule has 0 bridgehead atoms. The lowest BCUT2D eigenvalue weighted by Crippen LogP contribution is -2.14. The zero-order valence-corrected chi connectivity index (χ0v) is 13.8. The number of sulfonamides is 1. The number of aromatic amines is 1. The van der Waals surface area contributed by atoms with Crippen LogP contribution >= 0.6 is 11.6 Å². The third-order valence-electron chi connectivity index (χ3n) is 3.38. The van der Waals surface area contributed by atoms with Crippen LogP contribution in [-0.2, 0) is 10.0 Å². The molecule has 9 heteroatoms. The Kier molecular flexibility index (Phi) is 4.10. The van der Waals surface area contributed by atoms with Crippen LogP contribution in [0, 0.1) is 11.6 Å². The third kappa shape index (κ3) is 2.90. The second-order valence-electron chi connectivity index (χ2n) is 4.91. The normalized spacial score (nSPS) is 11.7. The summed E-state index contributed by atoms with van der Waals surface area (Å²) < 4.78 is 59.3. The van der Waals surface area contributed by atoms with Gasteiger partial charge in [-0.15, -0.1) is 0 Å². The fourth-order valence-electron chi connectivity index (χ4n) is 2.26. The van der Waals surface area contributed by atoms with Crippen molar-refractivity contribution < 1.29 is 21.9 Å². The molecule has 1 aromatic heterocycles. The molecular formula is C15H11ClF2N2O3S. The van der Waals surface area contributed by atoms with Gasteiger partial charge in [0.05, 0.1) is 12.8 Å². The highest BCUT2D eigenvalue weighted by Crippen LogP contribution is 2.29. The van der Waals surface area contributed by atoms with Crippen LogP contribution in [0.5, 0.6) is 5.75 Å². The van der Waals surface area contributed by atoms with E-state index < -0.39 is 27.3 Å². The van der Waals surface area contributed by atoms with Gasteiger partial charge in [0.2, 0.25) is 0 Å². The van der Waals surface area contributed by atoms with E-state index in [-0.39, 0.29) is 10.6 Å². The summed E-state index contributed by atoms with van der Waals surface area (Å²) >= 11 is 5.85. The van der Waals surface area contributed by atoms with Gasteiger partial charge in [0, 0.05) is 34.3 Å². The van der Waals surface area contributed by atoms with Crippen LogP contribution in [0.4, 0.5) is 14.5 Å². The number of methoxy groups -OCH3 is 1. The summed E-state index contributed by atoms with van der Waals surface area (Å²) in [4.78, 5) is 2.67. The summed E-state index contributed by atoms with van der Waals surface area (Å²) in [5.41, 5.74) is -0.0131. The number of nitrogens with one attached hydrogen (secondary N) is 2. The van der Waals surface area contributed by atoms with Gasteiger partial charge in [0.15, 0.2) is 17.4 Å². The van der Waals surface area contributed by atoms with Gasteiger partial charge in [-0.25, -0.2) is 17.2 Å². The molecule has 3 rings (SSSR count). The molecule has 0 radical (unpaired) electrons. The molecule has 0 fully saturated rings. The second kappa shape index (κ2) is 5.95. The number of H-pyrrole nitrogens is 1. The zero-order chi connectivity index (χ0) is 17.5. The maximum absolute atomic E-state index is 14.0. The number of fused-ring (bicyclic) bond motifs is 1. The molecule has 1 heterocycles. The molecule has 2 aromatic carbocycles. The Morgan fingerprint density at radius 1 is 1.17 bits per heavy atom. The fourth-order valence-corrected chi connectivity index (χ4v) is 3.67. The van der Waals surface area contributed by atoms with Crippen LogP contribution in [0.3, 0.4) is 0 Å². The highest BCUT2D eigenvalue weighted by atomic mass is 35.5. The molecule has 3 aromatic rings. The minimum atomic E-state index is -4.14. The fraction of sp³-hybridized carbons (Fsp3) is 0.0667. The SMILES string of the molecule is COc1cc(F)c(NS(=O)(=O)c2c[nH]c3cc(Cl)ccc23)cc1F. The van der Waals surface area contributed by atoms with Crippen LogP contribution in [0.25, 0.3) is 10.9 Å². The molecule has 24 heavy (non-hydrogen) atoms. The van der Waals surface area contributed by atoms with Crippen molar-refractivity contribution in [2.45, 2.75) is 4.90 Å². The van der Waals surface area contributed by atoms with Gasteiger partial charge in [0.25, 0.3) is 10.0 Å². The molecular weight excluding hydrogens is 362 g/mol. The number of halogens is 3. The van der Waals surface area contributed by atoms with E-state index in [4.69, 9.17) is 11.6 Å². The van der Waals surface area contributed by atoms with Gasteiger partial charge in [-0.1, -0.05) is 11.6 Å². The summed E-state index contributed by atoms with van der Waals surface area (Å²) in [6, 6.07) is 6.10. The smallest absolute Gasteiger partial charge is 0.264 e. The standard InChI is InChI=1S/C15H11ClF2N2O3S/c1-23-14-6-10(17)13(5-11(14)18)20-24(21,22)15-7-19-12-4-8(16)2-3-9(12)15/h2-7,19-20H,1H3. The first-order valence-corrected chi connectivity index (χ1v) is 8.50. The predicted octanol–water partition coefficient (Wildman–Crippen LogP) is 3.91. The highest BCUT2D eigenvalue weighted by molar-refractivity contribution is 7.93. The molecule has 0 amide bonds. The Morgan fingerprint density at radius 3 is 2.62 bits per heavy atom. The number of anilines is 1. The summed E-state index contributed by atoms with van der Waals surface area (Å²) in [5, 5.41) is 0.811. The van der Waals surface area contributed by atoms with Crippen LogP contribution < -0.4 is 9.46 Å². The van der Waals surface area contributed by atoms with Crippen molar-refractivity contribution in [2.24, 2.45) is 0 Å². The predicted molar refractivity (Wildman–Crippen MR) is 87.0 cm³/mol. The Morgan fingerprint density at radius 2 is 1.92 bits per heavy atom. The van der Waals surface area contributed by atoms with Crippen molar-refractivity contribution in [1.82, 2.24) is 4.98 Å². The lowest BCUT2D eigenvalue weighted by molar-refractivity contribution is 0.383. The van der Waals surface area contributed by atoms with E-state index in [9.17, 15) is 17.2 Å². The molecule has 0 saturated carbocycles. The van der Waals surface area contributed by atoms with E-state index >= 15 is 0 Å². The summed E-state index contributed by atoms with van der Waals surface area (Å²) in [7, 11) is -2.96. The number of hydrogen-bond donors (Lipinski definition) is 2. The highest BCUT2D eigenvalue weighted by Gasteiger charge is 2.22. The van der Waals surface area contributed by atoms with Crippen molar-refractivity contribution in [1.29, 1.82) is 0 Å². The van der Waals surface area contributed by atoms with E-state index in [1.807, 2.05) is 4.72 Å². The zero-order valence-electron chi connectivity index (χ0n) is 12.2. The number of rotatable bonds is 4. The number of ether oxygens (including phenoxy) is 1. The molecule has 0 atom stereocenters. The summed E-state index contributed by atoms with van der Waals surface area (Å²) in [6.45, 7) is 0. The molecule has 5 nitrogen and oxygen atoms in total. The van der Waals surface area contributed by atoms with Gasteiger partial charge in [0.1, 0.15) is 4.90 Å². The van der Waals surface area contributed by atoms with Crippen molar-refractivity contribution in [3.63, 3.8) is 0 Å². The van der Waals surface area contributed by atoms with Gasteiger partial charge in [-0.2, -0.15) is 0 Å². The minimum absolute atomic E-state index is 0.107. The lowest BCUT2D eigenvalue weighted by atomic mass is 10.2. The van der Waals surface area contributed by atoms with Gasteiger partial charge >= 0.3 is 0 Å². The topological polar surface area (TPSA) is 71.2 Å². The van der Waals surface area contributed by atoms with Crippen molar-refractivity contribution in [3.8, 4) is 5.75 Å². The van der Waals surface area contributed by atoms with Crippen molar-refractivity contribution in [3.05, 3.63) is 53.2 Å². The quantitative estimate of drug-likeness (QED) is 0.729. The van der Waals surface area contributed by atoms with Gasteiger partial charge in [-0.05, 0) is 18.2 Å². The molecule has 126 valence electrons. The molecule has 0 aliphatic carbocycles. The van der Waals surface area contributed by atoms with Crippen LogP contribution in [0.2, 0.25) is 5.02 Å². The van der Waals surface area contributed by atoms with E-state index in [0.717, 1.165) is 12.1 Å². The molecule has 0 spiro atoms. The van der Waals surface area contributed by atoms with Crippen LogP contribution in [0.1, 0.15) is 0 Å². The number of benzene rings is 2. The first-order valence-electron chi connectivity index (χ1n) is 6.64. The molecule has 0 aliphatic rings. The Hall–Kier alpha value is -2.32. The molecule has 2 N–H and O–H groups in total. The average molecular weight is 373 g/mol. The maximum Gasteiger partial charge on any atom is 0.264 e. The monoisotopic (exact) mass is 372 g/mol. The Bertz CT molecular complexity index is 1030. The van der Waals surface area contributed by atoms with Crippen molar-refractivity contribution >= 4 is 38.2 Å². The Balaban J connectivity index is 2.04. The lowest BCUT2D eigenvalue weighted by Gasteiger charge is -2.10. The number of aromatic nitrogens is 1. The largest absolute Gasteiger partial charge is 0.494 e. The first-order chi connectivity index (χ1) is 11.3. The molecule has 0 aliphatic heterocycles. The Labute approximate surface area is 141 Å². The molecule has 0 unspecified atom stereocenters. The maximum atomic E-state index is 14.0. The summed E-state index contributed by atoms with van der Waals surface area (Å²) in [5.74, 6) is -2.17. The number of hydrogen-bond acceptors (Lipinski definition) is 3. The first kappa shape index (κ1) is 16.5. The van der Waals surface area contributed by atoms with Gasteiger partial charge < -0.3 is 9.72 Å². The van der Waals surface area contributed by atoms with Crippen LogP contribution in [-0.4, -0.2) is 20.5 Å². The van der Waals surface area contributed by atoms with Crippen LogP contribution in [0.15, 0.2) is 41.4 Å². The third-order valence-corrected chi connectivity index (χ3v) is 5.02. The second-order valence-corrected chi connectivity index (χ2v) is 7.00. The summed E-state index contributed by atoms with van der Waals surface area (Å²) in [6.07, 6.45) is 1.25. The van der Waals surface area contributed by atoms with Crippen molar-refractivity contribution in [2.75, 3.05) is 11.8 Å². The minimum Gasteiger partial charge on any atom is -0.494 e. The van der Waals surface area contributed by atoms with E-state index in [1.54, 1.807) is 6.07 Å². The molecule has 0 saturated heterocycles. The van der Waals surface area contributed by atoms with E-state index in [1.165, 1.54) is 25.4 Å². The average Bonchev–Trinajstić information content (AvgIpc) is 2.94. The van der Waals surface area contributed by atoms with E-state index in [2.05, 4.69) is 9.72 Å². The van der Waals surface area contributed by atoms with E-state index in [0.29, 0.717) is 15.9 Å².